The topological polar surface area (TPSA) is 26.8 Å². The van der Waals surface area contributed by atoms with E-state index in [-0.39, 0.29) is 5.91 Å². The average Bonchev–Trinajstić information content (AvgIpc) is 2.57. The van der Waals surface area contributed by atoms with Gasteiger partial charge < -0.3 is 9.80 Å². The number of carbonyl (C=O) groups excluding carboxylic acids is 1. The predicted octanol–water partition coefficient (Wildman–Crippen LogP) is 3.15. The number of hydrogen-bond acceptors (Lipinski definition) is 3. The number of benzene rings is 2. The largest absolute Gasteiger partial charge is 0.378 e. The van der Waals surface area contributed by atoms with Gasteiger partial charge in [0.15, 0.2) is 0 Å². The highest BCUT2D eigenvalue weighted by Crippen LogP contribution is 2.14. The molecule has 134 valence electrons. The fourth-order valence-electron chi connectivity index (χ4n) is 2.75. The van der Waals surface area contributed by atoms with Gasteiger partial charge in [-0.05, 0) is 42.8 Å². The van der Waals surface area contributed by atoms with E-state index < -0.39 is 0 Å². The Labute approximate surface area is 151 Å². The highest BCUT2D eigenvalue weighted by Gasteiger charge is 2.13. The molecule has 0 unspecified atom stereocenters. The van der Waals surface area contributed by atoms with E-state index in [1.54, 1.807) is 4.90 Å². The van der Waals surface area contributed by atoms with Gasteiger partial charge in [0.1, 0.15) is 0 Å². The number of rotatable bonds is 7. The number of nitrogens with zero attached hydrogens (tertiary/aromatic N) is 3. The summed E-state index contributed by atoms with van der Waals surface area (Å²) in [4.78, 5) is 18.4. The zero-order valence-electron chi connectivity index (χ0n) is 16.0. The van der Waals surface area contributed by atoms with Crippen LogP contribution in [0.5, 0.6) is 0 Å². The first-order chi connectivity index (χ1) is 11.9. The lowest BCUT2D eigenvalue weighted by atomic mass is 10.1. The molecule has 0 bridgehead atoms. The first kappa shape index (κ1) is 19.0. The maximum Gasteiger partial charge on any atom is 0.236 e. The SMILES string of the molecule is Cc1ccccc1CN(C)CC(=O)N(C)Cc1ccc(N(C)C)cc1. The maximum atomic E-state index is 12.5. The van der Waals surface area contributed by atoms with Crippen molar-refractivity contribution in [2.45, 2.75) is 20.0 Å². The van der Waals surface area contributed by atoms with Gasteiger partial charge in [-0.25, -0.2) is 0 Å². The summed E-state index contributed by atoms with van der Waals surface area (Å²) in [5.74, 6) is 0.132. The van der Waals surface area contributed by atoms with E-state index in [9.17, 15) is 4.79 Å². The van der Waals surface area contributed by atoms with E-state index in [0.717, 1.165) is 17.8 Å². The Bertz CT molecular complexity index is 695. The molecule has 0 radical (unpaired) electrons. The summed E-state index contributed by atoms with van der Waals surface area (Å²) in [6, 6.07) is 16.6. The van der Waals surface area contributed by atoms with Crippen LogP contribution in [0, 0.1) is 6.92 Å². The second kappa shape index (κ2) is 8.67. The van der Waals surface area contributed by atoms with Crippen LogP contribution in [0.2, 0.25) is 0 Å². The Morgan fingerprint density at radius 1 is 0.880 bits per heavy atom. The van der Waals surface area contributed by atoms with Crippen molar-refractivity contribution in [3.63, 3.8) is 0 Å². The standard InChI is InChI=1S/C21H29N3O/c1-17-8-6-7-9-19(17)15-23(4)16-21(25)24(5)14-18-10-12-20(13-11-18)22(2)3/h6-13H,14-16H2,1-5H3. The fourth-order valence-corrected chi connectivity index (χ4v) is 2.75. The van der Waals surface area contributed by atoms with Crippen molar-refractivity contribution in [1.82, 2.24) is 9.80 Å². The molecule has 25 heavy (non-hydrogen) atoms. The Kier molecular flexibility index (Phi) is 6.59. The summed E-state index contributed by atoms with van der Waals surface area (Å²) in [6.45, 7) is 3.93. The summed E-state index contributed by atoms with van der Waals surface area (Å²) >= 11 is 0. The molecule has 2 aromatic rings. The molecule has 0 atom stereocenters. The minimum absolute atomic E-state index is 0.132. The molecule has 0 aromatic heterocycles. The summed E-state index contributed by atoms with van der Waals surface area (Å²) in [6.07, 6.45) is 0. The van der Waals surface area contributed by atoms with E-state index in [2.05, 4.69) is 53.1 Å². The van der Waals surface area contributed by atoms with E-state index in [1.807, 2.05) is 40.3 Å². The van der Waals surface area contributed by atoms with Gasteiger partial charge in [-0.2, -0.15) is 0 Å². The van der Waals surface area contributed by atoms with Crippen LogP contribution in [0.25, 0.3) is 0 Å². The molecular weight excluding hydrogens is 310 g/mol. The van der Waals surface area contributed by atoms with Crippen LogP contribution in [-0.4, -0.2) is 50.4 Å². The number of anilines is 1. The number of aryl methyl sites for hydroxylation is 1. The van der Waals surface area contributed by atoms with Crippen LogP contribution < -0.4 is 4.90 Å². The molecule has 0 saturated carbocycles. The van der Waals surface area contributed by atoms with Crippen molar-refractivity contribution in [2.24, 2.45) is 0 Å². The molecule has 0 aliphatic carbocycles. The minimum atomic E-state index is 0.132. The summed E-state index contributed by atoms with van der Waals surface area (Å²) in [5, 5.41) is 0. The molecule has 2 rings (SSSR count). The van der Waals surface area contributed by atoms with Crippen molar-refractivity contribution < 1.29 is 4.79 Å². The van der Waals surface area contributed by atoms with Crippen molar-refractivity contribution in [1.29, 1.82) is 0 Å². The first-order valence-electron chi connectivity index (χ1n) is 8.60. The molecular formula is C21H29N3O. The van der Waals surface area contributed by atoms with Gasteiger partial charge in [-0.15, -0.1) is 0 Å². The predicted molar refractivity (Wildman–Crippen MR) is 105 cm³/mol. The van der Waals surface area contributed by atoms with Gasteiger partial charge in [0.05, 0.1) is 6.54 Å². The third kappa shape index (κ3) is 5.61. The van der Waals surface area contributed by atoms with Crippen LogP contribution in [0.3, 0.4) is 0 Å². The number of likely N-dealkylation sites (N-methyl/N-ethyl adjacent to an activating group) is 2. The van der Waals surface area contributed by atoms with Crippen LogP contribution in [0.4, 0.5) is 5.69 Å². The van der Waals surface area contributed by atoms with E-state index in [4.69, 9.17) is 0 Å². The molecule has 4 nitrogen and oxygen atoms in total. The highest BCUT2D eigenvalue weighted by atomic mass is 16.2. The Hall–Kier alpha value is -2.33. The molecule has 0 heterocycles. The monoisotopic (exact) mass is 339 g/mol. The van der Waals surface area contributed by atoms with Gasteiger partial charge in [0.2, 0.25) is 5.91 Å². The van der Waals surface area contributed by atoms with Crippen molar-refractivity contribution in [3.05, 3.63) is 65.2 Å². The smallest absolute Gasteiger partial charge is 0.236 e. The molecule has 0 saturated heterocycles. The van der Waals surface area contributed by atoms with Crippen molar-refractivity contribution in [3.8, 4) is 0 Å². The van der Waals surface area contributed by atoms with Crippen molar-refractivity contribution in [2.75, 3.05) is 39.6 Å². The number of carbonyl (C=O) groups is 1. The quantitative estimate of drug-likeness (QED) is 0.775. The maximum absolute atomic E-state index is 12.5. The molecule has 0 aliphatic heterocycles. The van der Waals surface area contributed by atoms with Gasteiger partial charge in [-0.3, -0.25) is 9.69 Å². The fraction of sp³-hybridized carbons (Fsp3) is 0.381. The van der Waals surface area contributed by atoms with Gasteiger partial charge in [-0.1, -0.05) is 36.4 Å². The molecule has 0 N–H and O–H groups in total. The zero-order valence-corrected chi connectivity index (χ0v) is 16.0. The summed E-state index contributed by atoms with van der Waals surface area (Å²) in [7, 11) is 7.90. The summed E-state index contributed by atoms with van der Waals surface area (Å²) < 4.78 is 0. The normalized spacial score (nSPS) is 10.8. The molecule has 0 aliphatic rings. The lowest BCUT2D eigenvalue weighted by Crippen LogP contribution is -2.36. The molecule has 2 aromatic carbocycles. The van der Waals surface area contributed by atoms with Gasteiger partial charge in [0.25, 0.3) is 0 Å². The van der Waals surface area contributed by atoms with E-state index in [0.29, 0.717) is 13.1 Å². The first-order valence-corrected chi connectivity index (χ1v) is 8.60. The van der Waals surface area contributed by atoms with Crippen LogP contribution in [0.15, 0.2) is 48.5 Å². The minimum Gasteiger partial charge on any atom is -0.378 e. The highest BCUT2D eigenvalue weighted by molar-refractivity contribution is 5.78. The second-order valence-electron chi connectivity index (χ2n) is 6.91. The van der Waals surface area contributed by atoms with Gasteiger partial charge >= 0.3 is 0 Å². The lowest BCUT2D eigenvalue weighted by molar-refractivity contribution is -0.131. The Morgan fingerprint density at radius 2 is 1.52 bits per heavy atom. The zero-order chi connectivity index (χ0) is 18.4. The lowest BCUT2D eigenvalue weighted by Gasteiger charge is -2.23. The summed E-state index contributed by atoms with van der Waals surface area (Å²) in [5.41, 5.74) is 4.83. The van der Waals surface area contributed by atoms with Crippen LogP contribution in [0.1, 0.15) is 16.7 Å². The van der Waals surface area contributed by atoms with Crippen LogP contribution in [-0.2, 0) is 17.9 Å². The Balaban J connectivity index is 1.88. The third-order valence-electron chi connectivity index (χ3n) is 4.40. The van der Waals surface area contributed by atoms with Crippen LogP contribution >= 0.6 is 0 Å². The molecule has 0 spiro atoms. The Morgan fingerprint density at radius 3 is 2.12 bits per heavy atom. The van der Waals surface area contributed by atoms with E-state index in [1.165, 1.54) is 11.1 Å². The molecule has 1 amide bonds. The second-order valence-corrected chi connectivity index (χ2v) is 6.91. The molecule has 0 fully saturated rings. The number of hydrogen-bond donors (Lipinski definition) is 0. The van der Waals surface area contributed by atoms with E-state index >= 15 is 0 Å². The van der Waals surface area contributed by atoms with Crippen molar-refractivity contribution >= 4 is 11.6 Å². The third-order valence-corrected chi connectivity index (χ3v) is 4.40. The average molecular weight is 339 g/mol. The number of amides is 1. The van der Waals surface area contributed by atoms with Gasteiger partial charge in [0, 0.05) is 39.9 Å². The molecule has 4 heteroatoms.